The maximum Gasteiger partial charge on any atom is 0.352 e. The number of anilines is 2. The van der Waals surface area contributed by atoms with Gasteiger partial charge in [0.2, 0.25) is 0 Å². The molecule has 146 valence electrons. The van der Waals surface area contributed by atoms with E-state index in [-0.39, 0.29) is 17.1 Å². The maximum absolute atomic E-state index is 12.9. The van der Waals surface area contributed by atoms with Crippen LogP contribution in [0, 0.1) is 0 Å². The molecule has 1 atom stereocenters. The summed E-state index contributed by atoms with van der Waals surface area (Å²) in [6, 6.07) is 10.1. The molecule has 0 fully saturated rings. The number of methoxy groups -OCH3 is 1. The van der Waals surface area contributed by atoms with Gasteiger partial charge in [0, 0.05) is 12.4 Å². The Morgan fingerprint density at radius 2 is 2.03 bits per heavy atom. The van der Waals surface area contributed by atoms with E-state index >= 15 is 0 Å². The molecule has 4 rings (SSSR count). The minimum atomic E-state index is -1.14. The molecule has 3 heterocycles. The summed E-state index contributed by atoms with van der Waals surface area (Å²) < 4.78 is 6.81. The summed E-state index contributed by atoms with van der Waals surface area (Å²) in [5.74, 6) is -0.789. The zero-order valence-electron chi connectivity index (χ0n) is 15.4. The zero-order chi connectivity index (χ0) is 20.4. The van der Waals surface area contributed by atoms with Crippen molar-refractivity contribution in [2.24, 2.45) is 0 Å². The number of pyridine rings is 1. The van der Waals surface area contributed by atoms with Gasteiger partial charge in [-0.25, -0.2) is 9.48 Å². The van der Waals surface area contributed by atoms with Crippen LogP contribution in [0.4, 0.5) is 11.5 Å². The number of benzene rings is 1. The average molecular weight is 391 g/mol. The van der Waals surface area contributed by atoms with Crippen LogP contribution >= 0.6 is 0 Å². The van der Waals surface area contributed by atoms with Crippen molar-refractivity contribution < 1.29 is 19.4 Å². The maximum atomic E-state index is 12.9. The Kier molecular flexibility index (Phi) is 4.70. The number of carboxylic acids is 1. The molecule has 0 saturated heterocycles. The second-order valence-electron chi connectivity index (χ2n) is 6.25. The predicted molar refractivity (Wildman–Crippen MR) is 105 cm³/mol. The van der Waals surface area contributed by atoms with E-state index in [1.165, 1.54) is 19.4 Å². The van der Waals surface area contributed by atoms with Crippen molar-refractivity contribution in [2.45, 2.75) is 6.04 Å². The lowest BCUT2D eigenvalue weighted by Gasteiger charge is -2.24. The number of hydrogen-bond acceptors (Lipinski definition) is 6. The molecule has 9 nitrogen and oxygen atoms in total. The molecule has 0 bridgehead atoms. The summed E-state index contributed by atoms with van der Waals surface area (Å²) >= 11 is 0. The van der Waals surface area contributed by atoms with E-state index in [2.05, 4.69) is 20.7 Å². The van der Waals surface area contributed by atoms with Crippen LogP contribution in [0.25, 0.3) is 0 Å². The summed E-state index contributed by atoms with van der Waals surface area (Å²) in [5, 5.41) is 19.4. The number of nitrogens with one attached hydrogen (secondary N) is 2. The van der Waals surface area contributed by atoms with Crippen molar-refractivity contribution in [3.8, 4) is 5.75 Å². The molecule has 0 radical (unpaired) electrons. The molecule has 1 aliphatic rings. The minimum Gasteiger partial charge on any atom is -0.495 e. The van der Waals surface area contributed by atoms with Gasteiger partial charge in [0.1, 0.15) is 28.9 Å². The van der Waals surface area contributed by atoms with E-state index in [1.807, 2.05) is 6.07 Å². The average Bonchev–Trinajstić information content (AvgIpc) is 3.18. The molecular weight excluding hydrogens is 374 g/mol. The first-order chi connectivity index (χ1) is 14.1. The van der Waals surface area contributed by atoms with Gasteiger partial charge >= 0.3 is 5.97 Å². The molecule has 0 aliphatic carbocycles. The van der Waals surface area contributed by atoms with Crippen LogP contribution < -0.4 is 15.4 Å². The van der Waals surface area contributed by atoms with Gasteiger partial charge in [0.25, 0.3) is 5.91 Å². The number of nitrogens with zero attached hydrogens (tertiary/aromatic N) is 3. The molecule has 1 aliphatic heterocycles. The van der Waals surface area contributed by atoms with Gasteiger partial charge in [-0.2, -0.15) is 5.10 Å². The predicted octanol–water partition coefficient (Wildman–Crippen LogP) is 2.52. The van der Waals surface area contributed by atoms with E-state index in [4.69, 9.17) is 4.74 Å². The lowest BCUT2D eigenvalue weighted by molar-refractivity contribution is -0.132. The van der Waals surface area contributed by atoms with Gasteiger partial charge in [0.15, 0.2) is 0 Å². The Hall–Kier alpha value is -4.14. The number of allylic oxidation sites excluding steroid dienone is 1. The number of rotatable bonds is 5. The number of amides is 1. The fourth-order valence-corrected chi connectivity index (χ4v) is 3.11. The first kappa shape index (κ1) is 18.2. The van der Waals surface area contributed by atoms with Crippen LogP contribution in [0.2, 0.25) is 0 Å². The number of carbonyl (C=O) groups excluding carboxylic acids is 1. The highest BCUT2D eigenvalue weighted by Crippen LogP contribution is 2.32. The topological polar surface area (TPSA) is 118 Å². The molecule has 2 aromatic heterocycles. The lowest BCUT2D eigenvalue weighted by atomic mass is 10.1. The van der Waals surface area contributed by atoms with Crippen molar-refractivity contribution >= 4 is 23.4 Å². The molecule has 9 heteroatoms. The van der Waals surface area contributed by atoms with Crippen molar-refractivity contribution in [1.82, 2.24) is 14.8 Å². The fraction of sp³-hybridized carbons (Fsp3) is 0.100. The number of aliphatic carboxylic acids is 1. The quantitative estimate of drug-likeness (QED) is 0.611. The first-order valence-corrected chi connectivity index (χ1v) is 8.72. The van der Waals surface area contributed by atoms with Crippen molar-refractivity contribution in [3.05, 3.63) is 77.9 Å². The summed E-state index contributed by atoms with van der Waals surface area (Å²) in [7, 11) is 1.51. The second-order valence-corrected chi connectivity index (χ2v) is 6.25. The highest BCUT2D eigenvalue weighted by molar-refractivity contribution is 6.09. The number of fused-ring (bicyclic) bond motifs is 1. The molecule has 3 N–H and O–H groups in total. The Morgan fingerprint density at radius 1 is 1.21 bits per heavy atom. The third-order valence-corrected chi connectivity index (χ3v) is 4.49. The van der Waals surface area contributed by atoms with E-state index in [1.54, 1.807) is 47.4 Å². The number of carboxylic acid groups (broad SMARTS) is 1. The van der Waals surface area contributed by atoms with Crippen LogP contribution in [0.1, 0.15) is 22.0 Å². The Bertz CT molecular complexity index is 1110. The van der Waals surface area contributed by atoms with Crippen LogP contribution in [-0.2, 0) is 4.79 Å². The largest absolute Gasteiger partial charge is 0.495 e. The molecule has 3 aromatic rings. The van der Waals surface area contributed by atoms with E-state index in [0.717, 1.165) is 5.56 Å². The summed E-state index contributed by atoms with van der Waals surface area (Å²) in [6.45, 7) is 0. The molecule has 0 spiro atoms. The number of hydrogen-bond donors (Lipinski definition) is 3. The highest BCUT2D eigenvalue weighted by atomic mass is 16.5. The second kappa shape index (κ2) is 7.47. The van der Waals surface area contributed by atoms with E-state index < -0.39 is 17.9 Å². The third kappa shape index (κ3) is 3.41. The highest BCUT2D eigenvalue weighted by Gasteiger charge is 2.29. The van der Waals surface area contributed by atoms with Crippen molar-refractivity contribution in [2.75, 3.05) is 17.7 Å². The Labute approximate surface area is 165 Å². The van der Waals surface area contributed by atoms with Gasteiger partial charge in [0.05, 0.1) is 19.0 Å². The number of para-hydroxylation sites is 2. The van der Waals surface area contributed by atoms with Crippen LogP contribution in [0.5, 0.6) is 5.75 Å². The van der Waals surface area contributed by atoms with Crippen LogP contribution in [0.3, 0.4) is 0 Å². The Morgan fingerprint density at radius 3 is 2.76 bits per heavy atom. The molecule has 1 amide bonds. The van der Waals surface area contributed by atoms with Gasteiger partial charge < -0.3 is 20.5 Å². The SMILES string of the molecule is COc1ccccc1NC(=O)c1cnn2c1NC(C(=O)O)=CC2c1cccnc1. The number of aromatic nitrogens is 3. The lowest BCUT2D eigenvalue weighted by Crippen LogP contribution is -2.25. The normalized spacial score (nSPS) is 14.9. The van der Waals surface area contributed by atoms with Crippen molar-refractivity contribution in [1.29, 1.82) is 0 Å². The molecule has 1 unspecified atom stereocenters. The first-order valence-electron chi connectivity index (χ1n) is 8.72. The summed E-state index contributed by atoms with van der Waals surface area (Å²) in [4.78, 5) is 28.6. The standard InChI is InChI=1S/C20H17N5O4/c1-29-17-7-3-2-6-14(17)24-19(26)13-11-22-25-16(12-5-4-8-21-10-12)9-15(20(27)28)23-18(13)25/h2-11,16,23H,1H3,(H,24,26)(H,27,28). The number of carbonyl (C=O) groups is 2. The van der Waals surface area contributed by atoms with Gasteiger partial charge in [-0.1, -0.05) is 18.2 Å². The van der Waals surface area contributed by atoms with Crippen LogP contribution in [-0.4, -0.2) is 38.9 Å². The van der Waals surface area contributed by atoms with Crippen molar-refractivity contribution in [3.63, 3.8) is 0 Å². The third-order valence-electron chi connectivity index (χ3n) is 4.49. The summed E-state index contributed by atoms with van der Waals surface area (Å²) in [6.07, 6.45) is 6.19. The Balaban J connectivity index is 1.72. The molecular formula is C20H17N5O4. The smallest absolute Gasteiger partial charge is 0.352 e. The number of ether oxygens (including phenoxy) is 1. The van der Waals surface area contributed by atoms with Gasteiger partial charge in [-0.15, -0.1) is 0 Å². The van der Waals surface area contributed by atoms with E-state index in [9.17, 15) is 14.7 Å². The monoisotopic (exact) mass is 391 g/mol. The van der Waals surface area contributed by atoms with Crippen LogP contribution in [0.15, 0.2) is 66.8 Å². The molecule has 29 heavy (non-hydrogen) atoms. The fourth-order valence-electron chi connectivity index (χ4n) is 3.11. The van der Waals surface area contributed by atoms with Gasteiger partial charge in [-0.05, 0) is 29.8 Å². The molecule has 1 aromatic carbocycles. The summed E-state index contributed by atoms with van der Waals surface area (Å²) in [5.41, 5.74) is 1.40. The molecule has 0 saturated carbocycles. The van der Waals surface area contributed by atoms with Gasteiger partial charge in [-0.3, -0.25) is 9.78 Å². The zero-order valence-corrected chi connectivity index (χ0v) is 15.4. The minimum absolute atomic E-state index is 0.0433. The van der Waals surface area contributed by atoms with E-state index in [0.29, 0.717) is 11.4 Å².